The Morgan fingerprint density at radius 1 is 1.30 bits per heavy atom. The predicted octanol–water partition coefficient (Wildman–Crippen LogP) is 2.56. The molecule has 2 aromatic heterocycles. The number of H-pyrrole nitrogens is 1. The smallest absolute Gasteiger partial charge is 0.287 e. The molecule has 0 radical (unpaired) electrons. The Kier molecular flexibility index (Phi) is 6.30. The Morgan fingerprint density at radius 3 is 2.61 bits per heavy atom. The number of nitriles is 1. The zero-order valence-electron chi connectivity index (χ0n) is 17.9. The van der Waals surface area contributed by atoms with Gasteiger partial charge in [0, 0.05) is 22.8 Å². The molecule has 0 saturated carbocycles. The molecular formula is C22H18FN5O5. The molecule has 0 fully saturated rings. The van der Waals surface area contributed by atoms with Crippen molar-refractivity contribution in [3.63, 3.8) is 0 Å². The molecule has 0 amide bonds. The van der Waals surface area contributed by atoms with Crippen molar-refractivity contribution < 1.29 is 14.1 Å². The second kappa shape index (κ2) is 8.96. The molecule has 3 rings (SSSR count). The largest absolute Gasteiger partial charge is 0.329 e. The molecule has 0 aliphatic rings. The van der Waals surface area contributed by atoms with E-state index in [2.05, 4.69) is 9.97 Å². The van der Waals surface area contributed by atoms with Gasteiger partial charge in [-0.15, -0.1) is 0 Å². The highest BCUT2D eigenvalue weighted by molar-refractivity contribution is 6.09. The van der Waals surface area contributed by atoms with Crippen LogP contribution in [0.2, 0.25) is 0 Å². The van der Waals surface area contributed by atoms with Crippen LogP contribution in [0.15, 0.2) is 40.1 Å². The molecule has 1 N–H and O–H groups in total. The summed E-state index contributed by atoms with van der Waals surface area (Å²) in [4.78, 5) is 54.6. The molecule has 168 valence electrons. The quantitative estimate of drug-likeness (QED) is 0.262. The van der Waals surface area contributed by atoms with E-state index in [0.717, 1.165) is 16.8 Å². The van der Waals surface area contributed by atoms with Gasteiger partial charge in [-0.25, -0.2) is 9.78 Å². The highest BCUT2D eigenvalue weighted by Crippen LogP contribution is 2.22. The number of carbonyl (C=O) groups excluding carboxylic acids is 1. The lowest BCUT2D eigenvalue weighted by atomic mass is 9.95. The first-order valence-electron chi connectivity index (χ1n) is 9.75. The number of aryl methyl sites for hydroxylation is 1. The molecule has 33 heavy (non-hydrogen) atoms. The number of carbonyl (C=O) groups is 1. The molecule has 0 atom stereocenters. The van der Waals surface area contributed by atoms with E-state index in [1.54, 1.807) is 26.8 Å². The lowest BCUT2D eigenvalue weighted by Crippen LogP contribution is -2.38. The van der Waals surface area contributed by atoms with E-state index in [-0.39, 0.29) is 27.9 Å². The van der Waals surface area contributed by atoms with Gasteiger partial charge in [0.15, 0.2) is 0 Å². The minimum atomic E-state index is -1.06. The summed E-state index contributed by atoms with van der Waals surface area (Å²) in [6.45, 7) is 4.37. The number of halogens is 1. The highest BCUT2D eigenvalue weighted by atomic mass is 19.1. The van der Waals surface area contributed by atoms with Crippen molar-refractivity contribution in [1.82, 2.24) is 14.5 Å². The molecule has 11 heteroatoms. The zero-order chi connectivity index (χ0) is 24.4. The monoisotopic (exact) mass is 451 g/mol. The Balaban J connectivity index is 2.31. The lowest BCUT2D eigenvalue weighted by molar-refractivity contribution is -0.385. The Bertz CT molecular complexity index is 1450. The van der Waals surface area contributed by atoms with Crippen LogP contribution in [0.3, 0.4) is 0 Å². The molecule has 0 aliphatic heterocycles. The number of benzene rings is 1. The summed E-state index contributed by atoms with van der Waals surface area (Å²) in [5, 5.41) is 20.3. The zero-order valence-corrected chi connectivity index (χ0v) is 17.9. The third kappa shape index (κ3) is 4.59. The van der Waals surface area contributed by atoms with Gasteiger partial charge >= 0.3 is 5.69 Å². The van der Waals surface area contributed by atoms with Crippen molar-refractivity contribution in [1.29, 1.82) is 5.26 Å². The van der Waals surface area contributed by atoms with Gasteiger partial charge in [-0.3, -0.25) is 29.3 Å². The Hall–Kier alpha value is -4.46. The molecule has 10 nitrogen and oxygen atoms in total. The summed E-state index contributed by atoms with van der Waals surface area (Å²) in [5.74, 6) is -2.29. The lowest BCUT2D eigenvalue weighted by Gasteiger charge is -2.18. The van der Waals surface area contributed by atoms with Crippen molar-refractivity contribution in [2.75, 3.05) is 0 Å². The van der Waals surface area contributed by atoms with Crippen LogP contribution in [-0.4, -0.2) is 25.2 Å². The number of hydrogen-bond donors (Lipinski definition) is 1. The number of aromatic nitrogens is 3. The van der Waals surface area contributed by atoms with E-state index < -0.39 is 46.1 Å². The van der Waals surface area contributed by atoms with Crippen LogP contribution in [-0.2, 0) is 6.54 Å². The third-order valence-electron chi connectivity index (χ3n) is 4.93. The van der Waals surface area contributed by atoms with E-state index in [4.69, 9.17) is 0 Å². The normalized spacial score (nSPS) is 10.8. The SMILES string of the molecule is Cc1cc(C#N)cc(C(=O)c2c(C(C)C)c(=O)[nH]c(=O)n2Cc2cc([N+](=O)[O-])cnc2F)c1. The summed E-state index contributed by atoms with van der Waals surface area (Å²) in [6.07, 6.45) is 0.732. The molecule has 3 aromatic rings. The predicted molar refractivity (Wildman–Crippen MR) is 115 cm³/mol. The summed E-state index contributed by atoms with van der Waals surface area (Å²) < 4.78 is 15.2. The van der Waals surface area contributed by atoms with E-state index >= 15 is 0 Å². The summed E-state index contributed by atoms with van der Waals surface area (Å²) in [7, 11) is 0. The van der Waals surface area contributed by atoms with Crippen molar-refractivity contribution in [2.45, 2.75) is 33.2 Å². The first-order chi connectivity index (χ1) is 15.5. The van der Waals surface area contributed by atoms with Gasteiger partial charge < -0.3 is 0 Å². The first-order valence-corrected chi connectivity index (χ1v) is 9.75. The third-order valence-corrected chi connectivity index (χ3v) is 4.93. The van der Waals surface area contributed by atoms with Crippen LogP contribution in [0, 0.1) is 34.3 Å². The van der Waals surface area contributed by atoms with Crippen molar-refractivity contribution in [3.05, 3.63) is 101 Å². The maximum Gasteiger partial charge on any atom is 0.329 e. The maximum atomic E-state index is 14.4. The minimum Gasteiger partial charge on any atom is -0.287 e. The van der Waals surface area contributed by atoms with Crippen LogP contribution in [0.1, 0.15) is 58.1 Å². The van der Waals surface area contributed by atoms with Crippen LogP contribution in [0.5, 0.6) is 0 Å². The van der Waals surface area contributed by atoms with Gasteiger partial charge in [-0.1, -0.05) is 13.8 Å². The van der Waals surface area contributed by atoms with Crippen LogP contribution < -0.4 is 11.2 Å². The van der Waals surface area contributed by atoms with Crippen LogP contribution in [0.25, 0.3) is 0 Å². The van der Waals surface area contributed by atoms with E-state index in [0.29, 0.717) is 5.56 Å². The van der Waals surface area contributed by atoms with Gasteiger partial charge in [-0.05, 0) is 36.6 Å². The molecule has 0 bridgehead atoms. The van der Waals surface area contributed by atoms with Gasteiger partial charge in [0.1, 0.15) is 11.9 Å². The number of nitro groups is 1. The number of hydrogen-bond acceptors (Lipinski definition) is 7. The van der Waals surface area contributed by atoms with Gasteiger partial charge in [0.05, 0.1) is 23.1 Å². The molecule has 0 unspecified atom stereocenters. The number of pyridine rings is 1. The molecule has 0 aliphatic carbocycles. The number of rotatable bonds is 6. The highest BCUT2D eigenvalue weighted by Gasteiger charge is 2.26. The topological polar surface area (TPSA) is 152 Å². The average molecular weight is 451 g/mol. The fourth-order valence-electron chi connectivity index (χ4n) is 3.50. The number of ketones is 1. The van der Waals surface area contributed by atoms with Crippen molar-refractivity contribution >= 4 is 11.5 Å². The van der Waals surface area contributed by atoms with E-state index in [1.165, 1.54) is 12.1 Å². The fourth-order valence-corrected chi connectivity index (χ4v) is 3.50. The number of aromatic amines is 1. The Labute approximate surface area is 186 Å². The molecule has 0 saturated heterocycles. The molecule has 0 spiro atoms. The van der Waals surface area contributed by atoms with Gasteiger partial charge in [0.2, 0.25) is 11.7 Å². The molecule has 2 heterocycles. The van der Waals surface area contributed by atoms with Crippen LogP contribution in [0.4, 0.5) is 10.1 Å². The van der Waals surface area contributed by atoms with Crippen molar-refractivity contribution in [3.8, 4) is 6.07 Å². The fraction of sp³-hybridized carbons (Fsp3) is 0.227. The number of nitrogens with zero attached hydrogens (tertiary/aromatic N) is 4. The van der Waals surface area contributed by atoms with Gasteiger partial charge in [0.25, 0.3) is 11.2 Å². The van der Waals surface area contributed by atoms with Crippen LogP contribution >= 0.6 is 0 Å². The molecule has 1 aromatic carbocycles. The second-order valence-electron chi connectivity index (χ2n) is 7.69. The molecular weight excluding hydrogens is 433 g/mol. The summed E-state index contributed by atoms with van der Waals surface area (Å²) >= 11 is 0. The van der Waals surface area contributed by atoms with Gasteiger partial charge in [-0.2, -0.15) is 9.65 Å². The maximum absolute atomic E-state index is 14.4. The first kappa shape index (κ1) is 23.2. The number of nitrogens with one attached hydrogen (secondary N) is 1. The second-order valence-corrected chi connectivity index (χ2v) is 7.69. The minimum absolute atomic E-state index is 0.0154. The van der Waals surface area contributed by atoms with E-state index in [9.17, 15) is 34.2 Å². The standard InChI is InChI=1S/C22H18FN5O5/c1-11(2)17-18(19(29)14-5-12(3)4-13(6-14)8-24)27(22(31)26-21(17)30)10-15-7-16(28(32)33)9-25-20(15)23/h4-7,9,11H,10H2,1-3H3,(H,26,30,31). The summed E-state index contributed by atoms with van der Waals surface area (Å²) in [6, 6.07) is 7.24. The average Bonchev–Trinajstić information content (AvgIpc) is 2.74. The van der Waals surface area contributed by atoms with Crippen molar-refractivity contribution in [2.24, 2.45) is 0 Å². The van der Waals surface area contributed by atoms with E-state index in [1.807, 2.05) is 6.07 Å². The Morgan fingerprint density at radius 2 is 2.00 bits per heavy atom. The summed E-state index contributed by atoms with van der Waals surface area (Å²) in [5.41, 5.74) is -2.02.